The highest BCUT2D eigenvalue weighted by atomic mass is 16.3. The molecule has 68 valence electrons. The molecule has 0 radical (unpaired) electrons. The van der Waals surface area contributed by atoms with Crippen LogP contribution in [0.3, 0.4) is 0 Å². The second-order valence-corrected chi connectivity index (χ2v) is 2.99. The molecule has 0 aliphatic carbocycles. The van der Waals surface area contributed by atoms with Crippen LogP contribution in [0.2, 0.25) is 0 Å². The van der Waals surface area contributed by atoms with Crippen LogP contribution in [0.25, 0.3) is 0 Å². The first-order chi connectivity index (χ1) is 5.61. The molecule has 0 aliphatic heterocycles. The van der Waals surface area contributed by atoms with Gasteiger partial charge in [-0.15, -0.1) is 6.58 Å². The first-order valence-electron chi connectivity index (χ1n) is 4.31. The zero-order valence-corrected chi connectivity index (χ0v) is 8.01. The fourth-order valence-corrected chi connectivity index (χ4v) is 1.21. The Morgan fingerprint density at radius 2 is 2.17 bits per heavy atom. The Morgan fingerprint density at radius 1 is 1.58 bits per heavy atom. The lowest BCUT2D eigenvalue weighted by Crippen LogP contribution is -1.97. The molecule has 0 fully saturated rings. The van der Waals surface area contributed by atoms with Crippen molar-refractivity contribution in [3.05, 3.63) is 36.6 Å². The summed E-state index contributed by atoms with van der Waals surface area (Å²) in [6, 6.07) is 0. The molecule has 0 aromatic carbocycles. The summed E-state index contributed by atoms with van der Waals surface area (Å²) in [7, 11) is 0. The van der Waals surface area contributed by atoms with Gasteiger partial charge < -0.3 is 5.11 Å². The zero-order valence-electron chi connectivity index (χ0n) is 8.01. The van der Waals surface area contributed by atoms with Gasteiger partial charge >= 0.3 is 0 Å². The predicted octanol–water partition coefficient (Wildman–Crippen LogP) is 3.61. The SMILES string of the molecule is C=CCC(C)/C(=C/C(=C)O)CC. The molecule has 1 atom stereocenters. The van der Waals surface area contributed by atoms with Crippen molar-refractivity contribution < 1.29 is 5.11 Å². The average molecular weight is 166 g/mol. The van der Waals surface area contributed by atoms with Crippen molar-refractivity contribution >= 4 is 0 Å². The molecule has 0 amide bonds. The Labute approximate surface area is 75.1 Å². The minimum atomic E-state index is 0.141. The van der Waals surface area contributed by atoms with E-state index in [-0.39, 0.29) is 5.76 Å². The fourth-order valence-electron chi connectivity index (χ4n) is 1.21. The van der Waals surface area contributed by atoms with Crippen molar-refractivity contribution in [2.24, 2.45) is 5.92 Å². The fraction of sp³-hybridized carbons (Fsp3) is 0.455. The molecular weight excluding hydrogens is 148 g/mol. The number of allylic oxidation sites excluding steroid dienone is 3. The van der Waals surface area contributed by atoms with Crippen LogP contribution in [0.4, 0.5) is 0 Å². The molecule has 1 unspecified atom stereocenters. The Balaban J connectivity index is 4.32. The van der Waals surface area contributed by atoms with Crippen LogP contribution in [0, 0.1) is 5.92 Å². The van der Waals surface area contributed by atoms with Crippen LogP contribution in [-0.4, -0.2) is 5.11 Å². The van der Waals surface area contributed by atoms with Crippen molar-refractivity contribution in [3.63, 3.8) is 0 Å². The first kappa shape index (κ1) is 11.0. The van der Waals surface area contributed by atoms with E-state index in [1.807, 2.05) is 6.08 Å². The summed E-state index contributed by atoms with van der Waals surface area (Å²) in [5.41, 5.74) is 1.22. The molecular formula is C11H18O. The number of hydrogen-bond donors (Lipinski definition) is 1. The van der Waals surface area contributed by atoms with Crippen LogP contribution >= 0.6 is 0 Å². The Bertz CT molecular complexity index is 189. The highest BCUT2D eigenvalue weighted by molar-refractivity contribution is 5.17. The molecule has 0 rings (SSSR count). The van der Waals surface area contributed by atoms with Gasteiger partial charge in [0.05, 0.1) is 0 Å². The summed E-state index contributed by atoms with van der Waals surface area (Å²) < 4.78 is 0. The van der Waals surface area contributed by atoms with Gasteiger partial charge in [-0.1, -0.05) is 32.1 Å². The molecule has 0 aromatic heterocycles. The van der Waals surface area contributed by atoms with E-state index in [4.69, 9.17) is 5.11 Å². The van der Waals surface area contributed by atoms with Crippen molar-refractivity contribution in [3.8, 4) is 0 Å². The van der Waals surface area contributed by atoms with Gasteiger partial charge in [-0.25, -0.2) is 0 Å². The van der Waals surface area contributed by atoms with Gasteiger partial charge in [0.25, 0.3) is 0 Å². The van der Waals surface area contributed by atoms with Gasteiger partial charge in [-0.2, -0.15) is 0 Å². The minimum absolute atomic E-state index is 0.141. The Kier molecular flexibility index (Phi) is 5.18. The van der Waals surface area contributed by atoms with E-state index < -0.39 is 0 Å². The van der Waals surface area contributed by atoms with Gasteiger partial charge in [0.15, 0.2) is 0 Å². The summed E-state index contributed by atoms with van der Waals surface area (Å²) in [5, 5.41) is 8.97. The van der Waals surface area contributed by atoms with Crippen molar-refractivity contribution in [1.82, 2.24) is 0 Å². The average Bonchev–Trinajstić information content (AvgIpc) is 2.00. The standard InChI is InChI=1S/C11H18O/c1-5-7-9(3)11(6-2)8-10(4)12/h5,8-9,12H,1,4,6-7H2,2-3H3/b11-8+. The monoisotopic (exact) mass is 166 g/mol. The normalized spacial score (nSPS) is 14.0. The zero-order chi connectivity index (χ0) is 9.56. The number of rotatable bonds is 5. The van der Waals surface area contributed by atoms with E-state index in [0.717, 1.165) is 12.8 Å². The van der Waals surface area contributed by atoms with Gasteiger partial charge in [0.2, 0.25) is 0 Å². The van der Waals surface area contributed by atoms with Crippen LogP contribution in [0.1, 0.15) is 26.7 Å². The summed E-state index contributed by atoms with van der Waals surface area (Å²) in [4.78, 5) is 0. The Morgan fingerprint density at radius 3 is 2.50 bits per heavy atom. The van der Waals surface area contributed by atoms with E-state index in [9.17, 15) is 0 Å². The van der Waals surface area contributed by atoms with Crippen LogP contribution in [-0.2, 0) is 0 Å². The van der Waals surface area contributed by atoms with Crippen molar-refractivity contribution in [2.45, 2.75) is 26.7 Å². The summed E-state index contributed by atoms with van der Waals surface area (Å²) in [6.07, 6.45) is 5.55. The lowest BCUT2D eigenvalue weighted by Gasteiger charge is -2.11. The second kappa shape index (κ2) is 5.64. The molecule has 1 N–H and O–H groups in total. The van der Waals surface area contributed by atoms with E-state index in [1.165, 1.54) is 5.57 Å². The number of aliphatic hydroxyl groups is 1. The largest absolute Gasteiger partial charge is 0.509 e. The predicted molar refractivity (Wildman–Crippen MR) is 54.1 cm³/mol. The maximum Gasteiger partial charge on any atom is 0.108 e. The minimum Gasteiger partial charge on any atom is -0.509 e. The van der Waals surface area contributed by atoms with E-state index in [0.29, 0.717) is 5.92 Å². The maximum absolute atomic E-state index is 8.97. The molecule has 12 heavy (non-hydrogen) atoms. The van der Waals surface area contributed by atoms with E-state index >= 15 is 0 Å². The van der Waals surface area contributed by atoms with E-state index in [1.54, 1.807) is 6.08 Å². The molecule has 1 heteroatoms. The lowest BCUT2D eigenvalue weighted by atomic mass is 9.95. The van der Waals surface area contributed by atoms with Crippen LogP contribution in [0.15, 0.2) is 36.6 Å². The summed E-state index contributed by atoms with van der Waals surface area (Å²) in [6.45, 7) is 11.3. The third-order valence-corrected chi connectivity index (χ3v) is 1.91. The highest BCUT2D eigenvalue weighted by Crippen LogP contribution is 2.19. The first-order valence-corrected chi connectivity index (χ1v) is 4.31. The number of aliphatic hydroxyl groups excluding tert-OH is 1. The smallest absolute Gasteiger partial charge is 0.108 e. The third kappa shape index (κ3) is 4.02. The molecule has 0 aromatic rings. The van der Waals surface area contributed by atoms with Crippen molar-refractivity contribution in [2.75, 3.05) is 0 Å². The highest BCUT2D eigenvalue weighted by Gasteiger charge is 2.04. The van der Waals surface area contributed by atoms with E-state index in [2.05, 4.69) is 27.0 Å². The van der Waals surface area contributed by atoms with Crippen LogP contribution < -0.4 is 0 Å². The van der Waals surface area contributed by atoms with Gasteiger partial charge in [0, 0.05) is 0 Å². The molecule has 0 aliphatic rings. The van der Waals surface area contributed by atoms with Crippen LogP contribution in [0.5, 0.6) is 0 Å². The molecule has 1 nitrogen and oxygen atoms in total. The van der Waals surface area contributed by atoms with Gasteiger partial charge in [0.1, 0.15) is 5.76 Å². The molecule has 0 heterocycles. The molecule has 0 saturated carbocycles. The molecule has 0 saturated heterocycles. The van der Waals surface area contributed by atoms with Gasteiger partial charge in [-0.3, -0.25) is 0 Å². The Hall–Kier alpha value is -0.980. The number of hydrogen-bond acceptors (Lipinski definition) is 1. The lowest BCUT2D eigenvalue weighted by molar-refractivity contribution is 0.432. The van der Waals surface area contributed by atoms with Gasteiger partial charge in [-0.05, 0) is 24.8 Å². The quantitative estimate of drug-likeness (QED) is 0.376. The van der Waals surface area contributed by atoms with Crippen molar-refractivity contribution in [1.29, 1.82) is 0 Å². The molecule has 0 bridgehead atoms. The summed E-state index contributed by atoms with van der Waals surface area (Å²) in [5.74, 6) is 0.596. The topological polar surface area (TPSA) is 20.2 Å². The summed E-state index contributed by atoms with van der Waals surface area (Å²) >= 11 is 0. The third-order valence-electron chi connectivity index (χ3n) is 1.91. The molecule has 0 spiro atoms. The maximum atomic E-state index is 8.97. The second-order valence-electron chi connectivity index (χ2n) is 2.99.